The maximum Gasteiger partial charge on any atom is 0.269 e. The maximum absolute atomic E-state index is 11.9. The fourth-order valence-corrected chi connectivity index (χ4v) is 3.67. The van der Waals surface area contributed by atoms with E-state index in [1.807, 2.05) is 19.1 Å². The van der Waals surface area contributed by atoms with Crippen LogP contribution in [-0.4, -0.2) is 36.6 Å². The molecule has 21 heavy (non-hydrogen) atoms. The average molecular weight is 288 g/mol. The van der Waals surface area contributed by atoms with E-state index in [4.69, 9.17) is 5.73 Å². The standard InChI is InChI=1S/C16H24N4O/c1-2-18-16(21)15-8-14(5-6-19-15)20-9-11-3-4-13(17)7-12(11)10-20/h5-6,8,11-13H,2-4,7,9-10,17H2,1H3,(H,18,21)/t11-,12+,13?/m1/s1. The number of amides is 1. The van der Waals surface area contributed by atoms with Crippen molar-refractivity contribution < 1.29 is 4.79 Å². The number of carbonyl (C=O) groups is 1. The molecule has 0 bridgehead atoms. The molecule has 1 saturated heterocycles. The van der Waals surface area contributed by atoms with Gasteiger partial charge in [0.1, 0.15) is 5.69 Å². The first-order valence-electron chi connectivity index (χ1n) is 7.92. The first-order chi connectivity index (χ1) is 10.2. The van der Waals surface area contributed by atoms with Crippen molar-refractivity contribution in [3.8, 4) is 0 Å². The highest BCUT2D eigenvalue weighted by Gasteiger charge is 2.36. The second kappa shape index (κ2) is 6.02. The van der Waals surface area contributed by atoms with Gasteiger partial charge in [-0.15, -0.1) is 0 Å². The Balaban J connectivity index is 1.73. The van der Waals surface area contributed by atoms with Crippen molar-refractivity contribution in [2.75, 3.05) is 24.5 Å². The lowest BCUT2D eigenvalue weighted by atomic mass is 9.79. The van der Waals surface area contributed by atoms with Crippen molar-refractivity contribution in [2.24, 2.45) is 17.6 Å². The summed E-state index contributed by atoms with van der Waals surface area (Å²) in [6.07, 6.45) is 5.25. The molecule has 2 heterocycles. The summed E-state index contributed by atoms with van der Waals surface area (Å²) in [4.78, 5) is 18.5. The molecular formula is C16H24N4O. The zero-order valence-corrected chi connectivity index (χ0v) is 12.6. The molecule has 3 atom stereocenters. The zero-order chi connectivity index (χ0) is 14.8. The van der Waals surface area contributed by atoms with Crippen LogP contribution in [0.5, 0.6) is 0 Å². The third kappa shape index (κ3) is 3.02. The minimum atomic E-state index is -0.0991. The van der Waals surface area contributed by atoms with Gasteiger partial charge in [-0.25, -0.2) is 0 Å². The molecule has 2 fully saturated rings. The first kappa shape index (κ1) is 14.3. The van der Waals surface area contributed by atoms with E-state index in [1.165, 1.54) is 6.42 Å². The van der Waals surface area contributed by atoms with E-state index in [0.717, 1.165) is 37.5 Å². The minimum Gasteiger partial charge on any atom is -0.371 e. The molecule has 114 valence electrons. The van der Waals surface area contributed by atoms with Crippen LogP contribution >= 0.6 is 0 Å². The Morgan fingerprint density at radius 2 is 2.24 bits per heavy atom. The molecule has 3 rings (SSSR count). The van der Waals surface area contributed by atoms with Crippen LogP contribution in [0.4, 0.5) is 5.69 Å². The van der Waals surface area contributed by atoms with Crippen molar-refractivity contribution in [1.82, 2.24) is 10.3 Å². The van der Waals surface area contributed by atoms with E-state index < -0.39 is 0 Å². The van der Waals surface area contributed by atoms with Crippen molar-refractivity contribution >= 4 is 11.6 Å². The molecule has 3 N–H and O–H groups in total. The average Bonchev–Trinajstić information content (AvgIpc) is 2.90. The molecule has 5 heteroatoms. The normalized spacial score (nSPS) is 28.3. The van der Waals surface area contributed by atoms with Crippen molar-refractivity contribution in [2.45, 2.75) is 32.2 Å². The van der Waals surface area contributed by atoms with Gasteiger partial charge >= 0.3 is 0 Å². The number of aromatic nitrogens is 1. The van der Waals surface area contributed by atoms with Crippen molar-refractivity contribution in [1.29, 1.82) is 0 Å². The third-order valence-electron chi connectivity index (χ3n) is 4.77. The molecule has 0 aromatic carbocycles. The summed E-state index contributed by atoms with van der Waals surface area (Å²) in [7, 11) is 0. The van der Waals surface area contributed by atoms with Crippen molar-refractivity contribution in [3.63, 3.8) is 0 Å². The van der Waals surface area contributed by atoms with Gasteiger partial charge in [-0.05, 0) is 50.2 Å². The topological polar surface area (TPSA) is 71.2 Å². The SMILES string of the molecule is CCNC(=O)c1cc(N2C[C@H]3CCC(N)C[C@H]3C2)ccn1. The van der Waals surface area contributed by atoms with Crippen LogP contribution in [-0.2, 0) is 0 Å². The number of nitrogens with two attached hydrogens (primary N) is 1. The molecule has 0 radical (unpaired) electrons. The van der Waals surface area contributed by atoms with Gasteiger partial charge < -0.3 is 16.0 Å². The maximum atomic E-state index is 11.9. The Bertz CT molecular complexity index is 519. The van der Waals surface area contributed by atoms with Crippen LogP contribution < -0.4 is 16.0 Å². The molecule has 1 saturated carbocycles. The van der Waals surface area contributed by atoms with E-state index in [2.05, 4.69) is 15.2 Å². The van der Waals surface area contributed by atoms with Gasteiger partial charge in [-0.2, -0.15) is 0 Å². The molecule has 1 aliphatic carbocycles. The lowest BCUT2D eigenvalue weighted by molar-refractivity contribution is 0.0951. The lowest BCUT2D eigenvalue weighted by Gasteiger charge is -2.27. The molecule has 5 nitrogen and oxygen atoms in total. The van der Waals surface area contributed by atoms with Gasteiger partial charge in [0.15, 0.2) is 0 Å². The minimum absolute atomic E-state index is 0.0991. The number of fused-ring (bicyclic) bond motifs is 1. The van der Waals surface area contributed by atoms with Crippen LogP contribution in [0.15, 0.2) is 18.3 Å². The Hall–Kier alpha value is -1.62. The molecule has 1 aromatic rings. The monoisotopic (exact) mass is 288 g/mol. The molecule has 0 spiro atoms. The number of nitrogens with one attached hydrogen (secondary N) is 1. The molecule has 1 unspecified atom stereocenters. The number of carbonyl (C=O) groups excluding carboxylic acids is 1. The Morgan fingerprint density at radius 3 is 3.05 bits per heavy atom. The second-order valence-corrected chi connectivity index (χ2v) is 6.26. The number of anilines is 1. The first-order valence-corrected chi connectivity index (χ1v) is 7.92. The van der Waals surface area contributed by atoms with E-state index >= 15 is 0 Å². The van der Waals surface area contributed by atoms with E-state index in [1.54, 1.807) is 6.20 Å². The third-order valence-corrected chi connectivity index (χ3v) is 4.77. The number of pyridine rings is 1. The summed E-state index contributed by atoms with van der Waals surface area (Å²) >= 11 is 0. The highest BCUT2D eigenvalue weighted by Crippen LogP contribution is 2.37. The smallest absolute Gasteiger partial charge is 0.269 e. The summed E-state index contributed by atoms with van der Waals surface area (Å²) in [5, 5.41) is 2.80. The van der Waals surface area contributed by atoms with Gasteiger partial charge in [-0.1, -0.05) is 0 Å². The predicted molar refractivity (Wildman–Crippen MR) is 83.3 cm³/mol. The fourth-order valence-electron chi connectivity index (χ4n) is 3.67. The van der Waals surface area contributed by atoms with Crippen LogP contribution in [0.1, 0.15) is 36.7 Å². The number of hydrogen-bond donors (Lipinski definition) is 2. The molecule has 2 aliphatic rings. The predicted octanol–water partition coefficient (Wildman–Crippen LogP) is 1.39. The van der Waals surface area contributed by atoms with E-state index in [9.17, 15) is 4.79 Å². The van der Waals surface area contributed by atoms with Gasteiger partial charge in [0.25, 0.3) is 5.91 Å². The van der Waals surface area contributed by atoms with Crippen molar-refractivity contribution in [3.05, 3.63) is 24.0 Å². The molecule has 1 aromatic heterocycles. The summed E-state index contributed by atoms with van der Waals surface area (Å²) in [6.45, 7) is 4.67. The van der Waals surface area contributed by atoms with Crippen LogP contribution in [0.2, 0.25) is 0 Å². The summed E-state index contributed by atoms with van der Waals surface area (Å²) in [6, 6.07) is 4.27. The van der Waals surface area contributed by atoms with Crippen LogP contribution in [0.3, 0.4) is 0 Å². The van der Waals surface area contributed by atoms with Gasteiger partial charge in [0, 0.05) is 37.6 Å². The Labute approximate surface area is 125 Å². The van der Waals surface area contributed by atoms with Crippen LogP contribution in [0, 0.1) is 11.8 Å². The highest BCUT2D eigenvalue weighted by molar-refractivity contribution is 5.93. The lowest BCUT2D eigenvalue weighted by Crippen LogP contribution is -2.32. The van der Waals surface area contributed by atoms with Gasteiger partial charge in [-0.3, -0.25) is 9.78 Å². The van der Waals surface area contributed by atoms with Gasteiger partial charge in [0.05, 0.1) is 0 Å². The summed E-state index contributed by atoms with van der Waals surface area (Å²) in [5.41, 5.74) is 7.70. The highest BCUT2D eigenvalue weighted by atomic mass is 16.1. The van der Waals surface area contributed by atoms with Gasteiger partial charge in [0.2, 0.25) is 0 Å². The second-order valence-electron chi connectivity index (χ2n) is 6.26. The summed E-state index contributed by atoms with van der Waals surface area (Å²) < 4.78 is 0. The number of hydrogen-bond acceptors (Lipinski definition) is 4. The summed E-state index contributed by atoms with van der Waals surface area (Å²) in [5.74, 6) is 1.36. The van der Waals surface area contributed by atoms with Crippen LogP contribution in [0.25, 0.3) is 0 Å². The fraction of sp³-hybridized carbons (Fsp3) is 0.625. The molecular weight excluding hydrogens is 264 g/mol. The Morgan fingerprint density at radius 1 is 1.43 bits per heavy atom. The zero-order valence-electron chi connectivity index (χ0n) is 12.6. The molecule has 1 amide bonds. The van der Waals surface area contributed by atoms with E-state index in [-0.39, 0.29) is 5.91 Å². The molecule has 1 aliphatic heterocycles. The number of rotatable bonds is 3. The van der Waals surface area contributed by atoms with E-state index in [0.29, 0.717) is 24.2 Å². The quantitative estimate of drug-likeness (QED) is 0.882. The number of nitrogens with zero attached hydrogens (tertiary/aromatic N) is 2. The Kier molecular flexibility index (Phi) is 4.10. The largest absolute Gasteiger partial charge is 0.371 e.